The third-order valence-corrected chi connectivity index (χ3v) is 8.66. The quantitative estimate of drug-likeness (QED) is 0.300. The van der Waals surface area contributed by atoms with Gasteiger partial charge >= 0.3 is 0 Å². The van der Waals surface area contributed by atoms with Crippen molar-refractivity contribution in [1.82, 2.24) is 15.2 Å². The van der Waals surface area contributed by atoms with Crippen molar-refractivity contribution < 1.29 is 13.9 Å². The first-order valence-electron chi connectivity index (χ1n) is 15.2. The maximum absolute atomic E-state index is 13.6. The summed E-state index contributed by atoms with van der Waals surface area (Å²) in [6.45, 7) is 10.7. The van der Waals surface area contributed by atoms with Crippen molar-refractivity contribution in [2.24, 2.45) is 0 Å². The fourth-order valence-corrected chi connectivity index (χ4v) is 6.14. The lowest BCUT2D eigenvalue weighted by Crippen LogP contribution is -2.34. The van der Waals surface area contributed by atoms with E-state index in [0.29, 0.717) is 30.7 Å². The van der Waals surface area contributed by atoms with Gasteiger partial charge in [-0.25, -0.2) is 4.39 Å². The predicted octanol–water partition coefficient (Wildman–Crippen LogP) is 5.81. The van der Waals surface area contributed by atoms with Crippen molar-refractivity contribution in [2.45, 2.75) is 84.8 Å². The summed E-state index contributed by atoms with van der Waals surface area (Å²) in [7, 11) is 0. The number of benzene rings is 2. The minimum atomic E-state index is -0.732. The number of pyridine rings is 1. The molecule has 0 radical (unpaired) electrons. The average Bonchev–Trinajstić information content (AvgIpc) is 3.38. The molecule has 2 aliphatic rings. The van der Waals surface area contributed by atoms with Crippen LogP contribution in [0.2, 0.25) is 0 Å². The zero-order chi connectivity index (χ0) is 29.8. The highest BCUT2D eigenvalue weighted by molar-refractivity contribution is 5.98. The Labute approximate surface area is 247 Å². The van der Waals surface area contributed by atoms with E-state index in [4.69, 9.17) is 4.74 Å². The number of aromatic amines is 1. The van der Waals surface area contributed by atoms with Crippen molar-refractivity contribution >= 4 is 11.6 Å². The molecule has 5 rings (SSSR count). The molecule has 1 amide bonds. The van der Waals surface area contributed by atoms with E-state index < -0.39 is 6.17 Å². The number of hydrogen-bond acceptors (Lipinski definition) is 5. The van der Waals surface area contributed by atoms with Crippen LogP contribution < -0.4 is 16.2 Å². The van der Waals surface area contributed by atoms with Crippen LogP contribution in [-0.2, 0) is 17.8 Å². The topological polar surface area (TPSA) is 86.5 Å². The number of H-pyrrole nitrogens is 1. The molecule has 0 saturated carbocycles. The summed E-state index contributed by atoms with van der Waals surface area (Å²) >= 11 is 0. The lowest BCUT2D eigenvalue weighted by atomic mass is 9.95. The standard InChI is InChI=1S/C34H43FN4O3/c1-5-29-17-28(11-13-42-29)38-32-16-26(25-8-6-24(7-9-25)19-39-12-10-27(35)20-39)15-30(23(32)4)33(40)36-18-31-21(2)14-22(3)37-34(31)41/h6-9,14-16,27-29,38H,5,10-13,17-20H2,1-4H3,(H,36,40)(H,37,41)/t27-,28?,29?/m1/s1. The monoisotopic (exact) mass is 574 g/mol. The largest absolute Gasteiger partial charge is 0.382 e. The first-order valence-corrected chi connectivity index (χ1v) is 15.2. The van der Waals surface area contributed by atoms with Crippen molar-refractivity contribution in [2.75, 3.05) is 25.0 Å². The van der Waals surface area contributed by atoms with E-state index in [1.165, 1.54) is 0 Å². The summed E-state index contributed by atoms with van der Waals surface area (Å²) in [6.07, 6.45) is 2.90. The molecule has 3 aromatic rings. The van der Waals surface area contributed by atoms with Gasteiger partial charge in [0.1, 0.15) is 6.17 Å². The van der Waals surface area contributed by atoms with E-state index >= 15 is 0 Å². The normalized spacial score (nSPS) is 20.9. The Kier molecular flexibility index (Phi) is 9.43. The fourth-order valence-electron chi connectivity index (χ4n) is 6.14. The van der Waals surface area contributed by atoms with Crippen molar-refractivity contribution in [3.8, 4) is 11.1 Å². The van der Waals surface area contributed by atoms with Gasteiger partial charge in [-0.2, -0.15) is 0 Å². The Morgan fingerprint density at radius 2 is 1.88 bits per heavy atom. The number of likely N-dealkylation sites (tertiary alicyclic amines) is 1. The number of nitrogens with zero attached hydrogens (tertiary/aromatic N) is 1. The number of alkyl halides is 1. The van der Waals surface area contributed by atoms with Crippen LogP contribution in [0.3, 0.4) is 0 Å². The molecule has 8 heteroatoms. The number of carbonyl (C=O) groups excluding carboxylic acids is 1. The molecule has 2 saturated heterocycles. The highest BCUT2D eigenvalue weighted by Gasteiger charge is 2.24. The minimum Gasteiger partial charge on any atom is -0.382 e. The fraction of sp³-hybridized carbons (Fsp3) is 0.471. The SMILES string of the molecule is CCC1CC(Nc2cc(-c3ccc(CN4CC[C@@H](F)C4)cc3)cc(C(=O)NCc3c(C)cc(C)[nH]c3=O)c2C)CCO1. The van der Waals surface area contributed by atoms with Crippen molar-refractivity contribution in [3.63, 3.8) is 0 Å². The number of rotatable bonds is 9. The summed E-state index contributed by atoms with van der Waals surface area (Å²) < 4.78 is 19.5. The molecule has 0 aliphatic carbocycles. The maximum Gasteiger partial charge on any atom is 0.253 e. The number of aryl methyl sites for hydroxylation is 2. The zero-order valence-corrected chi connectivity index (χ0v) is 25.2. The second-order valence-corrected chi connectivity index (χ2v) is 11.9. The van der Waals surface area contributed by atoms with Gasteiger partial charge in [-0.15, -0.1) is 0 Å². The Hall–Kier alpha value is -3.49. The van der Waals surface area contributed by atoms with Crippen LogP contribution in [-0.4, -0.2) is 53.8 Å². The summed E-state index contributed by atoms with van der Waals surface area (Å²) in [5, 5.41) is 6.72. The average molecular weight is 575 g/mol. The highest BCUT2D eigenvalue weighted by Crippen LogP contribution is 2.31. The van der Waals surface area contributed by atoms with Gasteiger partial charge in [-0.3, -0.25) is 14.5 Å². The molecule has 2 aliphatic heterocycles. The number of nitrogens with one attached hydrogen (secondary N) is 3. The van der Waals surface area contributed by atoms with E-state index in [9.17, 15) is 14.0 Å². The molecule has 224 valence electrons. The summed E-state index contributed by atoms with van der Waals surface area (Å²) in [4.78, 5) is 31.1. The third kappa shape index (κ3) is 7.10. The van der Waals surface area contributed by atoms with Crippen LogP contribution in [0.15, 0.2) is 47.3 Å². The molecular formula is C34H43FN4O3. The Morgan fingerprint density at radius 1 is 1.10 bits per heavy atom. The molecule has 2 fully saturated rings. The van der Waals surface area contributed by atoms with Crippen molar-refractivity contribution in [3.05, 3.63) is 86.3 Å². The van der Waals surface area contributed by atoms with Crippen LogP contribution in [0.25, 0.3) is 11.1 Å². The number of anilines is 1. The van der Waals surface area contributed by atoms with Crippen LogP contribution in [0.5, 0.6) is 0 Å². The molecule has 3 atom stereocenters. The number of aromatic nitrogens is 1. The van der Waals surface area contributed by atoms with Gasteiger partial charge in [0.15, 0.2) is 0 Å². The van der Waals surface area contributed by atoms with Crippen LogP contribution in [0, 0.1) is 20.8 Å². The highest BCUT2D eigenvalue weighted by atomic mass is 19.1. The second-order valence-electron chi connectivity index (χ2n) is 11.9. The minimum absolute atomic E-state index is 0.149. The number of halogens is 1. The summed E-state index contributed by atoms with van der Waals surface area (Å²) in [5.74, 6) is -0.221. The molecule has 0 bridgehead atoms. The van der Waals surface area contributed by atoms with Crippen LogP contribution in [0.4, 0.5) is 10.1 Å². The van der Waals surface area contributed by atoms with Gasteiger partial charge in [0.2, 0.25) is 0 Å². The Bertz CT molecular complexity index is 1470. The van der Waals surface area contributed by atoms with Crippen molar-refractivity contribution in [1.29, 1.82) is 0 Å². The summed E-state index contributed by atoms with van der Waals surface area (Å²) in [5.41, 5.74) is 7.49. The van der Waals surface area contributed by atoms with Crippen LogP contribution >= 0.6 is 0 Å². The van der Waals surface area contributed by atoms with E-state index in [1.807, 2.05) is 32.9 Å². The number of carbonyl (C=O) groups is 1. The molecule has 1 aromatic heterocycles. The van der Waals surface area contributed by atoms with E-state index in [0.717, 1.165) is 71.6 Å². The summed E-state index contributed by atoms with van der Waals surface area (Å²) in [6, 6.07) is 14.6. The molecule has 3 N–H and O–H groups in total. The molecule has 0 spiro atoms. The zero-order valence-electron chi connectivity index (χ0n) is 25.2. The lowest BCUT2D eigenvalue weighted by Gasteiger charge is -2.31. The predicted molar refractivity (Wildman–Crippen MR) is 166 cm³/mol. The van der Waals surface area contributed by atoms with Gasteiger partial charge in [-0.05, 0) is 92.5 Å². The van der Waals surface area contributed by atoms with Gasteiger partial charge in [-0.1, -0.05) is 31.2 Å². The van der Waals surface area contributed by atoms with Gasteiger partial charge in [0, 0.05) is 61.3 Å². The molecule has 2 aromatic carbocycles. The van der Waals surface area contributed by atoms with E-state index in [-0.39, 0.29) is 30.2 Å². The van der Waals surface area contributed by atoms with E-state index in [1.54, 1.807) is 0 Å². The molecule has 7 nitrogen and oxygen atoms in total. The molecule has 42 heavy (non-hydrogen) atoms. The third-order valence-electron chi connectivity index (χ3n) is 8.66. The lowest BCUT2D eigenvalue weighted by molar-refractivity contribution is 0.00924. The van der Waals surface area contributed by atoms with Gasteiger partial charge in [0.05, 0.1) is 6.10 Å². The number of amides is 1. The molecular weight excluding hydrogens is 531 g/mol. The molecule has 2 unspecified atom stereocenters. The Morgan fingerprint density at radius 3 is 2.57 bits per heavy atom. The first kappa shape index (κ1) is 30.0. The van der Waals surface area contributed by atoms with Gasteiger partial charge < -0.3 is 20.4 Å². The van der Waals surface area contributed by atoms with Gasteiger partial charge in [0.25, 0.3) is 11.5 Å². The number of hydrogen-bond donors (Lipinski definition) is 3. The smallest absolute Gasteiger partial charge is 0.253 e. The molecule has 3 heterocycles. The maximum atomic E-state index is 13.6. The first-order chi connectivity index (χ1) is 20.2. The number of ether oxygens (including phenoxy) is 1. The second kappa shape index (κ2) is 13.2. The van der Waals surface area contributed by atoms with Crippen LogP contribution in [0.1, 0.15) is 70.9 Å². The Balaban J connectivity index is 1.41. The van der Waals surface area contributed by atoms with E-state index in [2.05, 4.69) is 57.8 Å².